The highest BCUT2D eigenvalue weighted by atomic mass is 19.4. The van der Waals surface area contributed by atoms with E-state index in [9.17, 15) is 27.9 Å². The summed E-state index contributed by atoms with van der Waals surface area (Å²) in [4.78, 5) is 27.6. The number of carbonyl (C=O) groups is 2. The molecule has 2 N–H and O–H groups in total. The zero-order valence-corrected chi connectivity index (χ0v) is 15.4. The molecule has 2 aromatic carbocycles. The molecule has 0 aliphatic rings. The summed E-state index contributed by atoms with van der Waals surface area (Å²) >= 11 is 0. The fraction of sp³-hybridized carbons (Fsp3) is 0.200. The van der Waals surface area contributed by atoms with Gasteiger partial charge in [0, 0.05) is 18.4 Å². The molecule has 0 saturated heterocycles. The van der Waals surface area contributed by atoms with Gasteiger partial charge in [-0.05, 0) is 17.7 Å². The predicted molar refractivity (Wildman–Crippen MR) is 98.0 cm³/mol. The van der Waals surface area contributed by atoms with Crippen LogP contribution in [0.4, 0.5) is 13.2 Å². The largest absolute Gasteiger partial charge is 0.479 e. The maximum atomic E-state index is 12.8. The molecule has 10 heteroatoms. The molecule has 1 amide bonds. The molecule has 30 heavy (non-hydrogen) atoms. The number of carbonyl (C=O) groups excluding carboxylic acids is 1. The van der Waals surface area contributed by atoms with E-state index in [4.69, 9.17) is 4.52 Å². The summed E-state index contributed by atoms with van der Waals surface area (Å²) in [5.74, 6) is -1.75. The van der Waals surface area contributed by atoms with Crippen LogP contribution >= 0.6 is 0 Å². The van der Waals surface area contributed by atoms with Crippen LogP contribution in [0, 0.1) is 0 Å². The summed E-state index contributed by atoms with van der Waals surface area (Å²) in [6.07, 6.45) is -4.64. The number of aryl methyl sites for hydroxylation is 1. The van der Waals surface area contributed by atoms with Gasteiger partial charge in [0.1, 0.15) is 0 Å². The van der Waals surface area contributed by atoms with Gasteiger partial charge in [-0.3, -0.25) is 4.79 Å². The first-order valence-corrected chi connectivity index (χ1v) is 8.81. The van der Waals surface area contributed by atoms with Gasteiger partial charge in [-0.15, -0.1) is 0 Å². The van der Waals surface area contributed by atoms with Gasteiger partial charge >= 0.3 is 12.1 Å². The lowest BCUT2D eigenvalue weighted by Crippen LogP contribution is -2.33. The van der Waals surface area contributed by atoms with Crippen molar-refractivity contribution in [3.05, 3.63) is 71.6 Å². The van der Waals surface area contributed by atoms with Crippen molar-refractivity contribution in [3.8, 4) is 11.4 Å². The Bertz CT molecular complexity index is 1040. The number of rotatable bonds is 7. The number of nitrogens with one attached hydrogen (secondary N) is 1. The number of carboxylic acid groups (broad SMARTS) is 1. The lowest BCUT2D eigenvalue weighted by molar-refractivity contribution is -0.142. The average molecular weight is 419 g/mol. The van der Waals surface area contributed by atoms with Crippen LogP contribution in [0.25, 0.3) is 11.4 Å². The Kier molecular flexibility index (Phi) is 6.14. The van der Waals surface area contributed by atoms with Crippen LogP contribution in [0.5, 0.6) is 0 Å². The summed E-state index contributed by atoms with van der Waals surface area (Å²) in [7, 11) is 0. The van der Waals surface area contributed by atoms with Gasteiger partial charge in [-0.1, -0.05) is 47.6 Å². The normalized spacial score (nSPS) is 12.4. The summed E-state index contributed by atoms with van der Waals surface area (Å²) in [5, 5.41) is 15.4. The molecule has 0 aliphatic heterocycles. The standard InChI is InChI=1S/C20H16F3N3O4/c21-20(22,23)14-8-4-7-13(11-14)18-25-16(30-26-18)10-9-15(27)24-17(19(28)29)12-5-2-1-3-6-12/h1-8,11,17H,9-10H2,(H,24,27)(H,28,29). The van der Waals surface area contributed by atoms with Crippen molar-refractivity contribution in [1.29, 1.82) is 0 Å². The molecule has 3 aromatic rings. The molecular weight excluding hydrogens is 403 g/mol. The van der Waals surface area contributed by atoms with Gasteiger partial charge in [0.2, 0.25) is 17.6 Å². The first-order chi connectivity index (χ1) is 14.2. The highest BCUT2D eigenvalue weighted by Crippen LogP contribution is 2.31. The predicted octanol–water partition coefficient (Wildman–Crippen LogP) is 3.63. The molecule has 1 aromatic heterocycles. The molecule has 0 bridgehead atoms. The second kappa shape index (κ2) is 8.76. The van der Waals surface area contributed by atoms with E-state index in [2.05, 4.69) is 15.5 Å². The van der Waals surface area contributed by atoms with Crippen LogP contribution in [0.3, 0.4) is 0 Å². The quantitative estimate of drug-likeness (QED) is 0.606. The van der Waals surface area contributed by atoms with Crippen LogP contribution < -0.4 is 5.32 Å². The first-order valence-electron chi connectivity index (χ1n) is 8.81. The lowest BCUT2D eigenvalue weighted by Gasteiger charge is -2.14. The van der Waals surface area contributed by atoms with Crippen molar-refractivity contribution < 1.29 is 32.4 Å². The number of hydrogen-bond acceptors (Lipinski definition) is 5. The number of amides is 1. The number of halogens is 3. The number of nitrogens with zero attached hydrogens (tertiary/aromatic N) is 2. The van der Waals surface area contributed by atoms with E-state index in [0.717, 1.165) is 12.1 Å². The molecular formula is C20H16F3N3O4. The van der Waals surface area contributed by atoms with Crippen molar-refractivity contribution in [1.82, 2.24) is 15.5 Å². The number of aromatic nitrogens is 2. The highest BCUT2D eigenvalue weighted by Gasteiger charge is 2.30. The fourth-order valence-corrected chi connectivity index (χ4v) is 2.70. The van der Waals surface area contributed by atoms with E-state index >= 15 is 0 Å². The Morgan fingerprint density at radius 1 is 1.10 bits per heavy atom. The molecule has 1 unspecified atom stereocenters. The second-order valence-corrected chi connectivity index (χ2v) is 6.34. The van der Waals surface area contributed by atoms with E-state index in [0.29, 0.717) is 5.56 Å². The average Bonchev–Trinajstić information content (AvgIpc) is 3.19. The van der Waals surface area contributed by atoms with Gasteiger partial charge < -0.3 is 14.9 Å². The van der Waals surface area contributed by atoms with Crippen molar-refractivity contribution in [2.75, 3.05) is 0 Å². The first kappa shape index (κ1) is 21.0. The van der Waals surface area contributed by atoms with Crippen LogP contribution in [0.1, 0.15) is 29.5 Å². The van der Waals surface area contributed by atoms with Gasteiger partial charge in [0.05, 0.1) is 5.56 Å². The van der Waals surface area contributed by atoms with Crippen LogP contribution in [0.2, 0.25) is 0 Å². The second-order valence-electron chi connectivity index (χ2n) is 6.34. The Labute approximate surface area is 168 Å². The number of aliphatic carboxylic acids is 1. The van der Waals surface area contributed by atoms with Gasteiger partial charge in [-0.25, -0.2) is 4.79 Å². The molecule has 7 nitrogen and oxygen atoms in total. The van der Waals surface area contributed by atoms with E-state index in [1.165, 1.54) is 12.1 Å². The number of alkyl halides is 3. The minimum atomic E-state index is -4.50. The zero-order valence-electron chi connectivity index (χ0n) is 15.4. The summed E-state index contributed by atoms with van der Waals surface area (Å²) < 4.78 is 43.5. The molecule has 1 atom stereocenters. The third-order valence-corrected chi connectivity index (χ3v) is 4.17. The van der Waals surface area contributed by atoms with Crippen molar-refractivity contribution in [3.63, 3.8) is 0 Å². The van der Waals surface area contributed by atoms with E-state index < -0.39 is 29.7 Å². The van der Waals surface area contributed by atoms with Crippen molar-refractivity contribution in [2.45, 2.75) is 25.1 Å². The smallest absolute Gasteiger partial charge is 0.416 e. The van der Waals surface area contributed by atoms with E-state index in [-0.39, 0.29) is 30.1 Å². The van der Waals surface area contributed by atoms with Crippen LogP contribution in [-0.4, -0.2) is 27.1 Å². The Morgan fingerprint density at radius 3 is 2.50 bits per heavy atom. The summed E-state index contributed by atoms with van der Waals surface area (Å²) in [6.45, 7) is 0. The number of benzene rings is 2. The maximum Gasteiger partial charge on any atom is 0.416 e. The van der Waals surface area contributed by atoms with Crippen molar-refractivity contribution >= 4 is 11.9 Å². The Hall–Kier alpha value is -3.69. The SMILES string of the molecule is O=C(CCc1nc(-c2cccc(C(F)(F)F)c2)no1)NC(C(=O)O)c1ccccc1. The monoisotopic (exact) mass is 419 g/mol. The molecule has 156 valence electrons. The fourth-order valence-electron chi connectivity index (χ4n) is 2.70. The molecule has 1 heterocycles. The molecule has 0 spiro atoms. The number of carboxylic acids is 1. The van der Waals surface area contributed by atoms with E-state index in [1.807, 2.05) is 0 Å². The maximum absolute atomic E-state index is 12.8. The molecule has 0 fully saturated rings. The van der Waals surface area contributed by atoms with Gasteiger partial charge in [0.15, 0.2) is 6.04 Å². The highest BCUT2D eigenvalue weighted by molar-refractivity contribution is 5.84. The minimum Gasteiger partial charge on any atom is -0.479 e. The summed E-state index contributed by atoms with van der Waals surface area (Å²) in [5.41, 5.74) is -0.298. The molecule has 0 radical (unpaired) electrons. The zero-order chi connectivity index (χ0) is 21.7. The molecule has 0 aliphatic carbocycles. The minimum absolute atomic E-state index is 0.00107. The van der Waals surface area contributed by atoms with Crippen LogP contribution in [0.15, 0.2) is 59.1 Å². The van der Waals surface area contributed by atoms with Gasteiger partial charge in [0.25, 0.3) is 0 Å². The Balaban J connectivity index is 1.63. The lowest BCUT2D eigenvalue weighted by atomic mass is 10.1. The third-order valence-electron chi connectivity index (χ3n) is 4.17. The third kappa shape index (κ3) is 5.22. The number of hydrogen-bond donors (Lipinski definition) is 2. The Morgan fingerprint density at radius 2 is 1.83 bits per heavy atom. The van der Waals surface area contributed by atoms with Crippen LogP contribution in [-0.2, 0) is 22.2 Å². The summed E-state index contributed by atoms with van der Waals surface area (Å²) in [6, 6.07) is 11.5. The van der Waals surface area contributed by atoms with Gasteiger partial charge in [-0.2, -0.15) is 18.2 Å². The molecule has 3 rings (SSSR count). The van der Waals surface area contributed by atoms with E-state index in [1.54, 1.807) is 30.3 Å². The molecule has 0 saturated carbocycles. The topological polar surface area (TPSA) is 105 Å². The van der Waals surface area contributed by atoms with Crippen molar-refractivity contribution in [2.24, 2.45) is 0 Å².